The lowest BCUT2D eigenvalue weighted by Crippen LogP contribution is -2.33. The average Bonchev–Trinajstić information content (AvgIpc) is 3.22. The van der Waals surface area contributed by atoms with Crippen molar-refractivity contribution in [1.82, 2.24) is 14.5 Å². The zero-order valence-electron chi connectivity index (χ0n) is 11.5. The Labute approximate surface area is 118 Å². The van der Waals surface area contributed by atoms with E-state index in [0.717, 1.165) is 18.4 Å². The second kappa shape index (κ2) is 5.00. The summed E-state index contributed by atoms with van der Waals surface area (Å²) in [4.78, 5) is 18.6. The Kier molecular flexibility index (Phi) is 3.18. The fourth-order valence-electron chi connectivity index (χ4n) is 2.39. The van der Waals surface area contributed by atoms with Crippen LogP contribution in [0.5, 0.6) is 0 Å². The highest BCUT2D eigenvalue weighted by Crippen LogP contribution is 2.30. The van der Waals surface area contributed by atoms with E-state index < -0.39 is 0 Å². The van der Waals surface area contributed by atoms with Crippen LogP contribution in [0.4, 0.5) is 5.69 Å². The summed E-state index contributed by atoms with van der Waals surface area (Å²) in [7, 11) is 1.85. The van der Waals surface area contributed by atoms with Gasteiger partial charge >= 0.3 is 0 Å². The van der Waals surface area contributed by atoms with Crippen LogP contribution in [-0.4, -0.2) is 26.4 Å². The minimum Gasteiger partial charge on any atom is -0.397 e. The fourth-order valence-corrected chi connectivity index (χ4v) is 2.39. The van der Waals surface area contributed by atoms with Gasteiger partial charge in [0.1, 0.15) is 5.69 Å². The summed E-state index contributed by atoms with van der Waals surface area (Å²) in [5.41, 5.74) is 8.12. The van der Waals surface area contributed by atoms with Gasteiger partial charge in [-0.05, 0) is 36.6 Å². The van der Waals surface area contributed by atoms with Crippen molar-refractivity contribution in [2.24, 2.45) is 7.05 Å². The second-order valence-electron chi connectivity index (χ2n) is 5.29. The van der Waals surface area contributed by atoms with E-state index in [4.69, 9.17) is 5.73 Å². The van der Waals surface area contributed by atoms with Crippen molar-refractivity contribution in [2.75, 3.05) is 5.73 Å². The van der Waals surface area contributed by atoms with Crippen molar-refractivity contribution in [2.45, 2.75) is 25.4 Å². The van der Waals surface area contributed by atoms with Gasteiger partial charge in [0.05, 0.1) is 5.69 Å². The number of hydrogen-bond acceptors (Lipinski definition) is 3. The Bertz CT molecular complexity index is 616. The van der Waals surface area contributed by atoms with Crippen LogP contribution < -0.4 is 5.73 Å². The number of carbonyl (C=O) groups is 1. The molecule has 0 atom stereocenters. The Morgan fingerprint density at radius 2 is 2.15 bits per heavy atom. The quantitative estimate of drug-likeness (QED) is 0.921. The Hall–Kier alpha value is -2.30. The van der Waals surface area contributed by atoms with E-state index >= 15 is 0 Å². The van der Waals surface area contributed by atoms with Crippen molar-refractivity contribution in [3.63, 3.8) is 0 Å². The van der Waals surface area contributed by atoms with Crippen molar-refractivity contribution in [3.05, 3.63) is 48.0 Å². The standard InChI is InChI=1S/C15H18N4O/c1-18-10-12(16)8-14(18)15(20)19(13-2-3-13)9-11-4-6-17-7-5-11/h4-8,10,13H,2-3,9,16H2,1H3. The van der Waals surface area contributed by atoms with Gasteiger partial charge in [0.25, 0.3) is 5.91 Å². The molecule has 1 fully saturated rings. The number of nitrogens with two attached hydrogens (primary N) is 1. The van der Waals surface area contributed by atoms with E-state index in [-0.39, 0.29) is 5.91 Å². The van der Waals surface area contributed by atoms with E-state index in [1.165, 1.54) is 0 Å². The van der Waals surface area contributed by atoms with E-state index in [0.29, 0.717) is 24.0 Å². The maximum Gasteiger partial charge on any atom is 0.271 e. The Morgan fingerprint density at radius 3 is 2.70 bits per heavy atom. The summed E-state index contributed by atoms with van der Waals surface area (Å²) in [6.07, 6.45) is 7.44. The molecule has 2 aromatic heterocycles. The molecular formula is C15H18N4O. The molecule has 5 nitrogen and oxygen atoms in total. The number of amides is 1. The molecule has 0 bridgehead atoms. The topological polar surface area (TPSA) is 64.2 Å². The van der Waals surface area contributed by atoms with Crippen LogP contribution in [0.3, 0.4) is 0 Å². The number of nitrogen functional groups attached to an aromatic ring is 1. The first-order valence-electron chi connectivity index (χ1n) is 6.77. The number of pyridine rings is 1. The van der Waals surface area contributed by atoms with Crippen molar-refractivity contribution in [3.8, 4) is 0 Å². The molecule has 2 N–H and O–H groups in total. The van der Waals surface area contributed by atoms with E-state index in [1.54, 1.807) is 29.2 Å². The highest BCUT2D eigenvalue weighted by molar-refractivity contribution is 5.94. The molecule has 5 heteroatoms. The van der Waals surface area contributed by atoms with Gasteiger partial charge in [-0.15, -0.1) is 0 Å². The molecule has 20 heavy (non-hydrogen) atoms. The second-order valence-corrected chi connectivity index (χ2v) is 5.29. The number of anilines is 1. The summed E-state index contributed by atoms with van der Waals surface area (Å²) >= 11 is 0. The lowest BCUT2D eigenvalue weighted by Gasteiger charge is -2.22. The van der Waals surface area contributed by atoms with Crippen LogP contribution in [0, 0.1) is 0 Å². The van der Waals surface area contributed by atoms with E-state index in [2.05, 4.69) is 4.98 Å². The number of nitrogens with zero attached hydrogens (tertiary/aromatic N) is 3. The van der Waals surface area contributed by atoms with Crippen LogP contribution in [0.2, 0.25) is 0 Å². The van der Waals surface area contributed by atoms with Crippen LogP contribution in [0.15, 0.2) is 36.8 Å². The lowest BCUT2D eigenvalue weighted by atomic mass is 10.2. The first-order chi connectivity index (χ1) is 9.65. The van der Waals surface area contributed by atoms with Gasteiger partial charge in [0, 0.05) is 38.2 Å². The highest BCUT2D eigenvalue weighted by Gasteiger charge is 2.34. The third-order valence-electron chi connectivity index (χ3n) is 3.60. The zero-order valence-corrected chi connectivity index (χ0v) is 11.5. The first-order valence-corrected chi connectivity index (χ1v) is 6.77. The average molecular weight is 270 g/mol. The maximum absolute atomic E-state index is 12.7. The summed E-state index contributed by atoms with van der Waals surface area (Å²) in [5.74, 6) is 0.0449. The molecule has 2 aromatic rings. The van der Waals surface area contributed by atoms with Crippen molar-refractivity contribution >= 4 is 11.6 Å². The monoisotopic (exact) mass is 270 g/mol. The van der Waals surface area contributed by atoms with Crippen LogP contribution >= 0.6 is 0 Å². The van der Waals surface area contributed by atoms with Crippen LogP contribution in [0.25, 0.3) is 0 Å². The molecule has 2 heterocycles. The first kappa shape index (κ1) is 12.7. The molecular weight excluding hydrogens is 252 g/mol. The third-order valence-corrected chi connectivity index (χ3v) is 3.60. The number of hydrogen-bond donors (Lipinski definition) is 1. The molecule has 104 valence electrons. The van der Waals surface area contributed by atoms with Gasteiger partial charge in [-0.3, -0.25) is 9.78 Å². The van der Waals surface area contributed by atoms with Gasteiger partial charge in [0.2, 0.25) is 0 Å². The maximum atomic E-state index is 12.7. The Morgan fingerprint density at radius 1 is 1.45 bits per heavy atom. The molecule has 1 amide bonds. The highest BCUT2D eigenvalue weighted by atomic mass is 16.2. The minimum atomic E-state index is 0.0449. The molecule has 1 aliphatic rings. The third kappa shape index (κ3) is 2.52. The molecule has 0 spiro atoms. The molecule has 1 saturated carbocycles. The molecule has 0 aliphatic heterocycles. The molecule has 0 saturated heterocycles. The van der Waals surface area contributed by atoms with Crippen molar-refractivity contribution < 1.29 is 4.79 Å². The van der Waals surface area contributed by atoms with E-state index in [1.807, 2.05) is 24.1 Å². The smallest absolute Gasteiger partial charge is 0.271 e. The normalized spacial score (nSPS) is 14.2. The fraction of sp³-hybridized carbons (Fsp3) is 0.333. The summed E-state index contributed by atoms with van der Waals surface area (Å²) < 4.78 is 1.79. The van der Waals surface area contributed by atoms with Crippen LogP contribution in [0.1, 0.15) is 28.9 Å². The zero-order chi connectivity index (χ0) is 14.1. The molecule has 3 rings (SSSR count). The molecule has 0 unspecified atom stereocenters. The van der Waals surface area contributed by atoms with Gasteiger partial charge < -0.3 is 15.2 Å². The van der Waals surface area contributed by atoms with E-state index in [9.17, 15) is 4.79 Å². The summed E-state index contributed by atoms with van der Waals surface area (Å²) in [5, 5.41) is 0. The minimum absolute atomic E-state index is 0.0449. The SMILES string of the molecule is Cn1cc(N)cc1C(=O)N(Cc1ccncc1)C1CC1. The van der Waals surface area contributed by atoms with Crippen LogP contribution in [-0.2, 0) is 13.6 Å². The van der Waals surface area contributed by atoms with Gasteiger partial charge in [-0.2, -0.15) is 0 Å². The Balaban J connectivity index is 1.84. The number of carbonyl (C=O) groups excluding carboxylic acids is 1. The predicted octanol–water partition coefficient (Wildman–Crippen LogP) is 1.81. The number of aromatic nitrogens is 2. The number of rotatable bonds is 4. The van der Waals surface area contributed by atoms with Gasteiger partial charge in [-0.1, -0.05) is 0 Å². The largest absolute Gasteiger partial charge is 0.397 e. The molecule has 0 aromatic carbocycles. The molecule has 1 aliphatic carbocycles. The predicted molar refractivity (Wildman–Crippen MR) is 77.0 cm³/mol. The van der Waals surface area contributed by atoms with Crippen molar-refractivity contribution in [1.29, 1.82) is 0 Å². The summed E-state index contributed by atoms with van der Waals surface area (Å²) in [6, 6.07) is 5.99. The van der Waals surface area contributed by atoms with Gasteiger partial charge in [0.15, 0.2) is 0 Å². The summed E-state index contributed by atoms with van der Waals surface area (Å²) in [6.45, 7) is 0.622. The van der Waals surface area contributed by atoms with Gasteiger partial charge in [-0.25, -0.2) is 0 Å². The lowest BCUT2D eigenvalue weighted by molar-refractivity contribution is 0.0720. The molecule has 0 radical (unpaired) electrons. The number of aryl methyl sites for hydroxylation is 1.